The molecule has 0 aromatic heterocycles. The van der Waals surface area contributed by atoms with E-state index in [0.29, 0.717) is 59.9 Å². The Bertz CT molecular complexity index is 1240. The predicted molar refractivity (Wildman–Crippen MR) is 160 cm³/mol. The number of allylic oxidation sites excluding steroid dienone is 13. The Morgan fingerprint density at radius 3 is 2.63 bits per heavy atom. The number of ether oxygens (including phenoxy) is 3. The van der Waals surface area contributed by atoms with Crippen LogP contribution in [0.2, 0.25) is 0 Å². The van der Waals surface area contributed by atoms with Gasteiger partial charge in [0.25, 0.3) is 0 Å². The van der Waals surface area contributed by atoms with Crippen molar-refractivity contribution in [1.29, 1.82) is 10.5 Å². The molecule has 2 aliphatic carbocycles. The summed E-state index contributed by atoms with van der Waals surface area (Å²) in [5, 5.41) is 29.3. The van der Waals surface area contributed by atoms with Gasteiger partial charge in [-0.15, -0.1) is 0 Å². The second kappa shape index (κ2) is 18.8. The minimum atomic E-state index is -4.31. The van der Waals surface area contributed by atoms with Crippen LogP contribution in [-0.2, 0) is 14.2 Å². The van der Waals surface area contributed by atoms with Crippen molar-refractivity contribution in [3.8, 4) is 12.1 Å². The van der Waals surface area contributed by atoms with Gasteiger partial charge < -0.3 is 19.3 Å². The van der Waals surface area contributed by atoms with E-state index in [0.717, 1.165) is 25.3 Å². The summed E-state index contributed by atoms with van der Waals surface area (Å²) in [5.41, 5.74) is 2.14. The molecule has 0 aromatic carbocycles. The van der Waals surface area contributed by atoms with Crippen molar-refractivity contribution < 1.29 is 32.5 Å². The smallest absolute Gasteiger partial charge is 0.392 e. The van der Waals surface area contributed by atoms with Crippen LogP contribution in [0.1, 0.15) is 58.8 Å². The molecule has 0 amide bonds. The summed E-state index contributed by atoms with van der Waals surface area (Å²) in [6.07, 6.45) is 11.9. The van der Waals surface area contributed by atoms with Crippen molar-refractivity contribution in [2.75, 3.05) is 19.8 Å². The number of rotatable bonds is 17. The van der Waals surface area contributed by atoms with Crippen LogP contribution in [-0.4, -0.2) is 37.4 Å². The third kappa shape index (κ3) is 12.6. The van der Waals surface area contributed by atoms with Gasteiger partial charge in [-0.3, -0.25) is 0 Å². The van der Waals surface area contributed by atoms with E-state index in [1.54, 1.807) is 12.2 Å². The average molecular weight is 599 g/mol. The van der Waals surface area contributed by atoms with Gasteiger partial charge in [-0.25, -0.2) is 0 Å². The lowest BCUT2D eigenvalue weighted by atomic mass is 9.80. The zero-order valence-electron chi connectivity index (χ0n) is 24.9. The third-order valence-corrected chi connectivity index (χ3v) is 6.86. The van der Waals surface area contributed by atoms with Crippen molar-refractivity contribution in [3.63, 3.8) is 0 Å². The van der Waals surface area contributed by atoms with Gasteiger partial charge >= 0.3 is 6.18 Å². The molecule has 0 radical (unpaired) electrons. The zero-order chi connectivity index (χ0) is 31.7. The van der Waals surface area contributed by atoms with Gasteiger partial charge in [0.05, 0.1) is 31.8 Å². The lowest BCUT2D eigenvalue weighted by Gasteiger charge is -2.29. The summed E-state index contributed by atoms with van der Waals surface area (Å²) in [6.45, 7) is 9.30. The second-order valence-corrected chi connectivity index (χ2v) is 10.2. The molecule has 3 unspecified atom stereocenters. The summed E-state index contributed by atoms with van der Waals surface area (Å²) in [6, 6.07) is 4.05. The highest BCUT2D eigenvalue weighted by Crippen LogP contribution is 2.41. The first-order valence-corrected chi connectivity index (χ1v) is 14.6. The molecule has 0 saturated carbocycles. The molecule has 1 N–H and O–H groups in total. The molecule has 9 heteroatoms. The van der Waals surface area contributed by atoms with Crippen molar-refractivity contribution >= 4 is 0 Å². The molecule has 0 fully saturated rings. The number of unbranched alkanes of at least 4 members (excludes halogenated alkanes) is 1. The first-order valence-electron chi connectivity index (χ1n) is 14.6. The van der Waals surface area contributed by atoms with E-state index >= 15 is 0 Å². The first kappa shape index (κ1) is 35.6. The Kier molecular flexibility index (Phi) is 15.6. The largest absolute Gasteiger partial charge is 0.461 e. The van der Waals surface area contributed by atoms with Crippen LogP contribution in [0.4, 0.5) is 13.2 Å². The second-order valence-electron chi connectivity index (χ2n) is 10.2. The van der Waals surface area contributed by atoms with E-state index in [4.69, 9.17) is 14.2 Å². The first-order chi connectivity index (χ1) is 20.6. The van der Waals surface area contributed by atoms with Gasteiger partial charge in [0.1, 0.15) is 11.5 Å². The molecule has 0 heterocycles. The van der Waals surface area contributed by atoms with E-state index in [-0.39, 0.29) is 24.9 Å². The van der Waals surface area contributed by atoms with E-state index in [1.165, 1.54) is 18.2 Å². The van der Waals surface area contributed by atoms with Crippen molar-refractivity contribution in [3.05, 3.63) is 95.1 Å². The summed E-state index contributed by atoms with van der Waals surface area (Å²) in [4.78, 5) is 0. The van der Waals surface area contributed by atoms with E-state index < -0.39 is 18.9 Å². The van der Waals surface area contributed by atoms with Crippen LogP contribution in [0.15, 0.2) is 95.1 Å². The van der Waals surface area contributed by atoms with Crippen LogP contribution in [0.25, 0.3) is 0 Å². The summed E-state index contributed by atoms with van der Waals surface area (Å²) in [5.74, 6) is 0.974. The molecule has 3 atom stereocenters. The molecule has 2 aliphatic rings. The van der Waals surface area contributed by atoms with Crippen LogP contribution >= 0.6 is 0 Å². The Morgan fingerprint density at radius 2 is 2.00 bits per heavy atom. The van der Waals surface area contributed by atoms with Crippen molar-refractivity contribution in [2.24, 2.45) is 11.8 Å². The van der Waals surface area contributed by atoms with Crippen molar-refractivity contribution in [2.45, 2.75) is 71.3 Å². The monoisotopic (exact) mass is 598 g/mol. The summed E-state index contributed by atoms with van der Waals surface area (Å²) in [7, 11) is 0. The number of aliphatic hydroxyl groups excluding tert-OH is 1. The molecule has 43 heavy (non-hydrogen) atoms. The lowest BCUT2D eigenvalue weighted by Crippen LogP contribution is -2.25. The quantitative estimate of drug-likeness (QED) is 0.0596. The highest BCUT2D eigenvalue weighted by molar-refractivity contribution is 5.63. The van der Waals surface area contributed by atoms with E-state index in [9.17, 15) is 28.8 Å². The minimum Gasteiger partial charge on any atom is -0.461 e. The van der Waals surface area contributed by atoms with E-state index in [1.807, 2.05) is 31.2 Å². The Morgan fingerprint density at radius 1 is 1.21 bits per heavy atom. The fraction of sp³-hybridized carbons (Fsp3) is 0.471. The molecule has 0 aliphatic heterocycles. The minimum absolute atomic E-state index is 0.0976. The highest BCUT2D eigenvalue weighted by atomic mass is 19.4. The maximum atomic E-state index is 12.6. The summed E-state index contributed by atoms with van der Waals surface area (Å²) >= 11 is 0. The number of halogens is 3. The topological polar surface area (TPSA) is 95.5 Å². The standard InChI is InChI=1S/C34H41F3N2O4/c1-4-6-11-26-23-28(12-9-19-38)32(30(17-20-39)25(3)10-7-8-18-34(35,36)37)31(24-26)43-29-15-13-27(14-16-29)33(40)42-22-21-41-5-2/h7-9,12-13,15-17,23,26-27,33,40H,3-6,10-11,14,18,21-22,24H2,1-2H3/b8-7+,12-9+,30-17+. The van der Waals surface area contributed by atoms with Crippen LogP contribution in [0, 0.1) is 34.5 Å². The molecule has 0 saturated heterocycles. The Labute approximate surface area is 253 Å². The van der Waals surface area contributed by atoms with Gasteiger partial charge in [0.15, 0.2) is 6.29 Å². The lowest BCUT2D eigenvalue weighted by molar-refractivity contribution is -0.133. The maximum Gasteiger partial charge on any atom is 0.392 e. The molecular formula is C34H41F3N2O4. The Hall–Kier alpha value is -3.63. The average Bonchev–Trinajstić information content (AvgIpc) is 2.98. The fourth-order valence-corrected chi connectivity index (χ4v) is 4.72. The molecule has 6 nitrogen and oxygen atoms in total. The number of hydrogen-bond acceptors (Lipinski definition) is 6. The van der Waals surface area contributed by atoms with Gasteiger partial charge in [0.2, 0.25) is 0 Å². The molecule has 2 rings (SSSR count). The van der Waals surface area contributed by atoms with Gasteiger partial charge in [-0.1, -0.05) is 50.6 Å². The number of nitriles is 2. The molecule has 0 bridgehead atoms. The Balaban J connectivity index is 2.41. The molecule has 0 spiro atoms. The summed E-state index contributed by atoms with van der Waals surface area (Å²) < 4.78 is 55.1. The number of aliphatic hydroxyl groups is 1. The molecule has 232 valence electrons. The molecule has 0 aromatic rings. The number of hydrogen-bond donors (Lipinski definition) is 1. The normalized spacial score (nSPS) is 20.1. The van der Waals surface area contributed by atoms with Crippen LogP contribution in [0.5, 0.6) is 0 Å². The fourth-order valence-electron chi connectivity index (χ4n) is 4.72. The predicted octanol–water partition coefficient (Wildman–Crippen LogP) is 8.21. The molecular weight excluding hydrogens is 557 g/mol. The van der Waals surface area contributed by atoms with Crippen LogP contribution in [0.3, 0.4) is 0 Å². The SMILES string of the molecule is C=C(C/C=C/CC(F)(F)F)/C(=C\C#N)C1=C(OC2=CCC(C(O)OCCOCC)C=C2)CC(CCCC)C=C1/C=C/C#N. The maximum absolute atomic E-state index is 12.6. The van der Waals surface area contributed by atoms with E-state index in [2.05, 4.69) is 19.6 Å². The zero-order valence-corrected chi connectivity index (χ0v) is 24.9. The third-order valence-electron chi connectivity index (χ3n) is 6.86. The highest BCUT2D eigenvalue weighted by Gasteiger charge is 2.28. The van der Waals surface area contributed by atoms with Gasteiger partial charge in [-0.2, -0.15) is 23.7 Å². The van der Waals surface area contributed by atoms with Crippen molar-refractivity contribution in [1.82, 2.24) is 0 Å². The van der Waals surface area contributed by atoms with Gasteiger partial charge in [0, 0.05) is 36.7 Å². The number of nitrogens with zero attached hydrogens (tertiary/aromatic N) is 2. The van der Waals surface area contributed by atoms with Gasteiger partial charge in [-0.05, 0) is 67.1 Å². The number of alkyl halides is 3. The van der Waals surface area contributed by atoms with Crippen LogP contribution < -0.4 is 0 Å².